The van der Waals surface area contributed by atoms with E-state index in [0.29, 0.717) is 31.9 Å². The third kappa shape index (κ3) is 5.82. The van der Waals surface area contributed by atoms with Gasteiger partial charge in [0.1, 0.15) is 5.82 Å². The van der Waals surface area contributed by atoms with Gasteiger partial charge in [-0.2, -0.15) is 0 Å². The predicted octanol–water partition coefficient (Wildman–Crippen LogP) is 2.79. The summed E-state index contributed by atoms with van der Waals surface area (Å²) in [7, 11) is 0. The second-order valence-corrected chi connectivity index (χ2v) is 7.53. The van der Waals surface area contributed by atoms with Crippen LogP contribution in [0.2, 0.25) is 0 Å². The van der Waals surface area contributed by atoms with E-state index >= 15 is 0 Å². The highest BCUT2D eigenvalue weighted by Gasteiger charge is 2.22. The van der Waals surface area contributed by atoms with Gasteiger partial charge in [0.05, 0.1) is 5.75 Å². The average molecular weight is 415 g/mol. The molecule has 0 radical (unpaired) electrons. The number of piperazine rings is 1. The van der Waals surface area contributed by atoms with Gasteiger partial charge in [0, 0.05) is 42.8 Å². The smallest absolute Gasteiger partial charge is 0.267 e. The van der Waals surface area contributed by atoms with Gasteiger partial charge >= 0.3 is 0 Å². The molecule has 29 heavy (non-hydrogen) atoms. The zero-order valence-electron chi connectivity index (χ0n) is 15.8. The lowest BCUT2D eigenvalue weighted by Crippen LogP contribution is -2.49. The van der Waals surface area contributed by atoms with Gasteiger partial charge in [-0.05, 0) is 42.0 Å². The summed E-state index contributed by atoms with van der Waals surface area (Å²) in [6.45, 7) is 2.59. The summed E-state index contributed by atoms with van der Waals surface area (Å²) < 4.78 is 13.0. The zero-order valence-corrected chi connectivity index (χ0v) is 16.6. The van der Waals surface area contributed by atoms with E-state index < -0.39 is 5.91 Å². The molecule has 6 nitrogen and oxygen atoms in total. The first-order chi connectivity index (χ1) is 14.1. The fraction of sp³-hybridized carbons (Fsp3) is 0.238. The van der Waals surface area contributed by atoms with Gasteiger partial charge < -0.3 is 9.80 Å². The monoisotopic (exact) mass is 415 g/mol. The van der Waals surface area contributed by atoms with Gasteiger partial charge in [0.15, 0.2) is 0 Å². The number of nitrogens with zero attached hydrogens (tertiary/aromatic N) is 2. The Balaban J connectivity index is 1.55. The van der Waals surface area contributed by atoms with Crippen molar-refractivity contribution in [1.29, 1.82) is 0 Å². The largest absolute Gasteiger partial charge is 0.367 e. The van der Waals surface area contributed by atoms with E-state index in [1.807, 2.05) is 29.2 Å². The third-order valence-electron chi connectivity index (χ3n) is 4.61. The van der Waals surface area contributed by atoms with E-state index in [9.17, 15) is 14.0 Å². The predicted molar refractivity (Wildman–Crippen MR) is 111 cm³/mol. The fourth-order valence-corrected chi connectivity index (χ4v) is 3.88. The highest BCUT2D eigenvalue weighted by Crippen LogP contribution is 2.24. The minimum Gasteiger partial charge on any atom is -0.367 e. The van der Waals surface area contributed by atoms with Crippen LogP contribution >= 0.6 is 11.8 Å². The topological polar surface area (TPSA) is 72.9 Å². The molecular formula is C21H22FN3O3S. The van der Waals surface area contributed by atoms with Crippen LogP contribution in [0.5, 0.6) is 0 Å². The Kier molecular flexibility index (Phi) is 7.26. The summed E-state index contributed by atoms with van der Waals surface area (Å²) in [6, 6.07) is 13.8. The van der Waals surface area contributed by atoms with E-state index in [1.165, 1.54) is 30.0 Å². The van der Waals surface area contributed by atoms with Crippen LogP contribution in [0.4, 0.5) is 10.1 Å². The number of carbonyl (C=O) groups excluding carboxylic acids is 2. The van der Waals surface area contributed by atoms with Gasteiger partial charge in [0.2, 0.25) is 5.91 Å². The van der Waals surface area contributed by atoms with Crippen molar-refractivity contribution in [2.75, 3.05) is 36.8 Å². The summed E-state index contributed by atoms with van der Waals surface area (Å²) in [5, 5.41) is 8.62. The molecule has 1 fully saturated rings. The summed E-state index contributed by atoms with van der Waals surface area (Å²) >= 11 is 1.40. The van der Waals surface area contributed by atoms with Gasteiger partial charge in [-0.15, -0.1) is 11.8 Å². The lowest BCUT2D eigenvalue weighted by atomic mass is 10.1. The second-order valence-electron chi connectivity index (χ2n) is 6.48. The minimum atomic E-state index is -0.589. The number of hydroxylamine groups is 1. The molecule has 0 saturated carbocycles. The lowest BCUT2D eigenvalue weighted by molar-refractivity contribution is -0.128. The Labute approximate surface area is 173 Å². The molecular weight excluding hydrogens is 393 g/mol. The van der Waals surface area contributed by atoms with E-state index in [1.54, 1.807) is 23.7 Å². The van der Waals surface area contributed by atoms with Crippen LogP contribution in [0.3, 0.4) is 0 Å². The lowest BCUT2D eigenvalue weighted by Gasteiger charge is -2.36. The number of para-hydroxylation sites is 1. The molecule has 2 aromatic rings. The number of hydrogen-bond acceptors (Lipinski definition) is 5. The summed E-state index contributed by atoms with van der Waals surface area (Å²) in [6.07, 6.45) is 2.92. The maximum atomic E-state index is 13.0. The molecule has 3 rings (SSSR count). The van der Waals surface area contributed by atoms with E-state index in [-0.39, 0.29) is 11.7 Å². The van der Waals surface area contributed by atoms with Crippen molar-refractivity contribution in [2.45, 2.75) is 4.90 Å². The van der Waals surface area contributed by atoms with Crippen molar-refractivity contribution in [2.24, 2.45) is 0 Å². The Bertz CT molecular complexity index is 881. The standard InChI is InChI=1S/C21H22FN3O3S/c22-17-6-8-18(9-7-17)29-15-21(27)25-13-11-24(12-14-25)19-4-2-1-3-16(19)5-10-20(26)23-28/h1-10,28H,11-15H2,(H,23,26)/b10-5+. The fourth-order valence-electron chi connectivity index (χ4n) is 3.08. The molecule has 0 aliphatic carbocycles. The molecule has 8 heteroatoms. The van der Waals surface area contributed by atoms with Crippen LogP contribution in [-0.4, -0.2) is 53.9 Å². The number of benzene rings is 2. The maximum absolute atomic E-state index is 13.0. The van der Waals surface area contributed by atoms with Crippen LogP contribution < -0.4 is 10.4 Å². The SMILES string of the molecule is O=C(/C=C/c1ccccc1N1CCN(C(=O)CSc2ccc(F)cc2)CC1)NO. The zero-order chi connectivity index (χ0) is 20.6. The molecule has 0 bridgehead atoms. The normalized spacial score (nSPS) is 14.3. The quantitative estimate of drug-likeness (QED) is 0.329. The van der Waals surface area contributed by atoms with Gasteiger partial charge in [-0.1, -0.05) is 18.2 Å². The highest BCUT2D eigenvalue weighted by molar-refractivity contribution is 8.00. The molecule has 2 aromatic carbocycles. The Morgan fingerprint density at radius 3 is 2.45 bits per heavy atom. The molecule has 0 spiro atoms. The number of rotatable bonds is 6. The molecule has 1 aliphatic heterocycles. The highest BCUT2D eigenvalue weighted by atomic mass is 32.2. The number of hydrogen-bond donors (Lipinski definition) is 2. The van der Waals surface area contributed by atoms with Crippen LogP contribution in [0.25, 0.3) is 6.08 Å². The van der Waals surface area contributed by atoms with Crippen molar-refractivity contribution in [3.05, 3.63) is 66.0 Å². The molecule has 0 atom stereocenters. The van der Waals surface area contributed by atoms with Crippen LogP contribution in [0.15, 0.2) is 59.5 Å². The number of amides is 2. The Morgan fingerprint density at radius 1 is 1.07 bits per heavy atom. The molecule has 1 saturated heterocycles. The number of anilines is 1. The Hall–Kier alpha value is -2.84. The number of halogens is 1. The molecule has 2 N–H and O–H groups in total. The number of thioether (sulfide) groups is 1. The van der Waals surface area contributed by atoms with Crippen LogP contribution in [0.1, 0.15) is 5.56 Å². The summed E-state index contributed by atoms with van der Waals surface area (Å²) in [4.78, 5) is 28.6. The molecule has 0 unspecified atom stereocenters. The first kappa shape index (κ1) is 20.9. The third-order valence-corrected chi connectivity index (χ3v) is 5.61. The molecule has 1 aliphatic rings. The van der Waals surface area contributed by atoms with Crippen molar-refractivity contribution >= 4 is 35.3 Å². The van der Waals surface area contributed by atoms with E-state index in [2.05, 4.69) is 4.90 Å². The van der Waals surface area contributed by atoms with Crippen molar-refractivity contribution < 1.29 is 19.2 Å². The number of carbonyl (C=O) groups is 2. The first-order valence-electron chi connectivity index (χ1n) is 9.19. The molecule has 0 aromatic heterocycles. The maximum Gasteiger partial charge on any atom is 0.267 e. The van der Waals surface area contributed by atoms with Crippen LogP contribution in [0, 0.1) is 5.82 Å². The second kappa shape index (κ2) is 10.1. The van der Waals surface area contributed by atoms with Crippen LogP contribution in [-0.2, 0) is 9.59 Å². The average Bonchev–Trinajstić information content (AvgIpc) is 2.77. The molecule has 2 amide bonds. The van der Waals surface area contributed by atoms with Crippen molar-refractivity contribution in [1.82, 2.24) is 10.4 Å². The molecule has 152 valence electrons. The van der Waals surface area contributed by atoms with E-state index in [0.717, 1.165) is 16.1 Å². The molecule has 1 heterocycles. The van der Waals surface area contributed by atoms with Crippen molar-refractivity contribution in [3.8, 4) is 0 Å². The van der Waals surface area contributed by atoms with Crippen molar-refractivity contribution in [3.63, 3.8) is 0 Å². The van der Waals surface area contributed by atoms with E-state index in [4.69, 9.17) is 5.21 Å². The summed E-state index contributed by atoms with van der Waals surface area (Å²) in [5.74, 6) is -0.495. The summed E-state index contributed by atoms with van der Waals surface area (Å²) in [5.41, 5.74) is 3.41. The number of nitrogens with one attached hydrogen (secondary N) is 1. The van der Waals surface area contributed by atoms with Gasteiger partial charge in [-0.25, -0.2) is 9.87 Å². The Morgan fingerprint density at radius 2 is 1.76 bits per heavy atom. The van der Waals surface area contributed by atoms with Gasteiger partial charge in [-0.3, -0.25) is 14.8 Å². The minimum absolute atomic E-state index is 0.0618. The first-order valence-corrected chi connectivity index (χ1v) is 10.2. The van der Waals surface area contributed by atoms with Gasteiger partial charge in [0.25, 0.3) is 5.91 Å².